The van der Waals surface area contributed by atoms with Crippen LogP contribution in [0.3, 0.4) is 0 Å². The van der Waals surface area contributed by atoms with Crippen LogP contribution in [0.15, 0.2) is 88.5 Å². The normalized spacial score (nSPS) is 12.5. The van der Waals surface area contributed by atoms with Gasteiger partial charge in [-0.05, 0) is 49.2 Å². The van der Waals surface area contributed by atoms with Gasteiger partial charge in [0.1, 0.15) is 0 Å². The standard InChI is InChI=1S/C44H54ClN4O8/c1-6-7-8-9-10-11-12-13-14-21-28-56-40(52)31(2)57-41(53)33-26-27-35(45)36(29-33)46-39(51)37(38(50)44(3,4)5)48-42(54)47(30-32-22-17-15-18-23-32)49(43(48)55)34-24-19-16-20-25-34/h15-20,22-27,29,31,37H,6-14,21,28,30H2,1-5H3. The fourth-order valence-electron chi connectivity index (χ4n) is 6.24. The summed E-state index contributed by atoms with van der Waals surface area (Å²) in [6.45, 7) is 8.46. The monoisotopic (exact) mass is 801 g/mol. The van der Waals surface area contributed by atoms with Crippen LogP contribution in [-0.2, 0) is 30.4 Å². The van der Waals surface area contributed by atoms with E-state index in [1.54, 1.807) is 75.4 Å². The molecule has 2 atom stereocenters. The molecule has 2 unspecified atom stereocenters. The molecule has 1 heterocycles. The maximum absolute atomic E-state index is 14.2. The highest BCUT2D eigenvalue weighted by atomic mass is 35.5. The average molecular weight is 802 g/mol. The number of rotatable bonds is 21. The van der Waals surface area contributed by atoms with Gasteiger partial charge >= 0.3 is 23.3 Å². The lowest BCUT2D eigenvalue weighted by molar-refractivity contribution is -0.153. The zero-order valence-electron chi connectivity index (χ0n) is 33.6. The molecular weight excluding hydrogens is 748 g/mol. The lowest BCUT2D eigenvalue weighted by atomic mass is 9.86. The minimum absolute atomic E-state index is 0.0418. The summed E-state index contributed by atoms with van der Waals surface area (Å²) in [5.74, 6) is -3.49. The van der Waals surface area contributed by atoms with Crippen molar-refractivity contribution in [1.29, 1.82) is 0 Å². The Labute approximate surface area is 339 Å². The van der Waals surface area contributed by atoms with E-state index >= 15 is 0 Å². The Morgan fingerprint density at radius 1 is 0.772 bits per heavy atom. The number of hydrogen-bond donors (Lipinski definition) is 0. The van der Waals surface area contributed by atoms with E-state index in [2.05, 4.69) is 12.2 Å². The summed E-state index contributed by atoms with van der Waals surface area (Å²) in [6, 6.07) is 19.2. The van der Waals surface area contributed by atoms with Gasteiger partial charge in [-0.1, -0.05) is 146 Å². The van der Waals surface area contributed by atoms with E-state index in [-0.39, 0.29) is 29.4 Å². The molecule has 12 nitrogen and oxygen atoms in total. The van der Waals surface area contributed by atoms with Crippen LogP contribution in [0.4, 0.5) is 5.69 Å². The van der Waals surface area contributed by atoms with Crippen molar-refractivity contribution in [3.05, 3.63) is 116 Å². The number of carbonyl (C=O) groups excluding carboxylic acids is 4. The third-order valence-electron chi connectivity index (χ3n) is 9.48. The van der Waals surface area contributed by atoms with Crippen LogP contribution in [0.5, 0.6) is 0 Å². The van der Waals surface area contributed by atoms with Crippen molar-refractivity contribution in [3.63, 3.8) is 0 Å². The zero-order chi connectivity index (χ0) is 41.5. The highest BCUT2D eigenvalue weighted by molar-refractivity contribution is 6.33. The van der Waals surface area contributed by atoms with Crippen LogP contribution in [0, 0.1) is 5.41 Å². The number of aromatic nitrogens is 3. The highest BCUT2D eigenvalue weighted by Crippen LogP contribution is 2.28. The third-order valence-corrected chi connectivity index (χ3v) is 9.80. The molecule has 0 bridgehead atoms. The molecule has 3 aromatic carbocycles. The van der Waals surface area contributed by atoms with Crippen molar-refractivity contribution in [2.75, 3.05) is 6.61 Å². The zero-order valence-corrected chi connectivity index (χ0v) is 34.3. The van der Waals surface area contributed by atoms with E-state index in [9.17, 15) is 28.8 Å². The first kappa shape index (κ1) is 44.5. The van der Waals surface area contributed by atoms with Crippen LogP contribution in [0.2, 0.25) is 5.02 Å². The topological polar surface area (TPSA) is 150 Å². The van der Waals surface area contributed by atoms with E-state index in [1.807, 2.05) is 6.07 Å². The fourth-order valence-corrected chi connectivity index (χ4v) is 6.40. The Bertz CT molecular complexity index is 2080. The number of Topliss-reactive ketones (excluding diaryl/α,β-unsaturated/α-hetero) is 1. The third kappa shape index (κ3) is 12.4. The Balaban J connectivity index is 1.50. The Hall–Kier alpha value is -5.23. The number of esters is 2. The summed E-state index contributed by atoms with van der Waals surface area (Å²) in [7, 11) is 0. The van der Waals surface area contributed by atoms with Crippen LogP contribution in [0.1, 0.15) is 121 Å². The lowest BCUT2D eigenvalue weighted by Crippen LogP contribution is -2.46. The molecule has 0 spiro atoms. The van der Waals surface area contributed by atoms with Gasteiger partial charge in [0.15, 0.2) is 17.9 Å². The number of hydrogen-bond acceptors (Lipinski definition) is 8. The molecule has 0 aliphatic carbocycles. The number of unbranched alkanes of at least 4 members (excludes halogenated alkanes) is 9. The Kier molecular flexibility index (Phi) is 16.7. The predicted molar refractivity (Wildman–Crippen MR) is 219 cm³/mol. The van der Waals surface area contributed by atoms with Crippen LogP contribution < -0.4 is 16.7 Å². The molecule has 0 saturated carbocycles. The van der Waals surface area contributed by atoms with Crippen molar-refractivity contribution in [2.45, 2.75) is 118 Å². The van der Waals surface area contributed by atoms with Gasteiger partial charge in [-0.15, -0.1) is 0 Å². The molecule has 4 rings (SSSR count). The molecule has 305 valence electrons. The van der Waals surface area contributed by atoms with Gasteiger partial charge in [-0.3, -0.25) is 9.59 Å². The van der Waals surface area contributed by atoms with E-state index in [1.165, 1.54) is 63.6 Å². The molecule has 0 saturated heterocycles. The molecule has 4 aromatic rings. The second-order valence-corrected chi connectivity index (χ2v) is 15.6. The number of amides is 1. The molecule has 0 aliphatic rings. The quantitative estimate of drug-likeness (QED) is 0.0466. The number of ketones is 1. The number of ether oxygens (including phenoxy) is 2. The number of benzene rings is 3. The largest absolute Gasteiger partial charge is 0.463 e. The minimum atomic E-state index is -1.98. The van der Waals surface area contributed by atoms with Crippen molar-refractivity contribution in [3.8, 4) is 5.69 Å². The van der Waals surface area contributed by atoms with Gasteiger partial charge in [-0.25, -0.2) is 33.7 Å². The molecule has 13 heteroatoms. The molecular formula is C44H54ClN4O8. The van der Waals surface area contributed by atoms with Crippen molar-refractivity contribution in [2.24, 2.45) is 5.41 Å². The number of halogens is 1. The van der Waals surface area contributed by atoms with E-state index in [0.717, 1.165) is 28.6 Å². The van der Waals surface area contributed by atoms with Gasteiger partial charge < -0.3 is 9.47 Å². The predicted octanol–water partition coefficient (Wildman–Crippen LogP) is 8.13. The van der Waals surface area contributed by atoms with Crippen LogP contribution >= 0.6 is 11.6 Å². The number of para-hydroxylation sites is 1. The lowest BCUT2D eigenvalue weighted by Gasteiger charge is -2.23. The molecule has 1 aromatic heterocycles. The second-order valence-electron chi connectivity index (χ2n) is 15.2. The fraction of sp³-hybridized carbons (Fsp3) is 0.455. The molecule has 1 radical (unpaired) electrons. The van der Waals surface area contributed by atoms with Crippen LogP contribution in [-0.4, -0.2) is 50.3 Å². The smallest absolute Gasteiger partial charge is 0.353 e. The van der Waals surface area contributed by atoms with Gasteiger partial charge in [0.25, 0.3) is 5.91 Å². The van der Waals surface area contributed by atoms with Gasteiger partial charge in [0.05, 0.1) is 35.1 Å². The molecule has 1 amide bonds. The Morgan fingerprint density at radius 2 is 1.35 bits per heavy atom. The first-order valence-corrected chi connectivity index (χ1v) is 20.1. The first-order chi connectivity index (χ1) is 27.2. The van der Waals surface area contributed by atoms with Crippen molar-refractivity contribution in [1.82, 2.24) is 19.2 Å². The summed E-state index contributed by atoms with van der Waals surface area (Å²) in [5, 5.41) is 4.04. The summed E-state index contributed by atoms with van der Waals surface area (Å²) >= 11 is 6.42. The Morgan fingerprint density at radius 3 is 1.95 bits per heavy atom. The van der Waals surface area contributed by atoms with Crippen molar-refractivity contribution < 1.29 is 28.7 Å². The minimum Gasteiger partial charge on any atom is -0.463 e. The summed E-state index contributed by atoms with van der Waals surface area (Å²) in [5.41, 5.74) is -2.29. The molecule has 57 heavy (non-hydrogen) atoms. The molecule has 0 fully saturated rings. The second kappa shape index (κ2) is 21.3. The number of nitrogens with zero attached hydrogens (tertiary/aromatic N) is 4. The van der Waals surface area contributed by atoms with Crippen LogP contribution in [0.25, 0.3) is 5.69 Å². The van der Waals surface area contributed by atoms with Gasteiger partial charge in [0, 0.05) is 5.41 Å². The average Bonchev–Trinajstić information content (AvgIpc) is 3.42. The summed E-state index contributed by atoms with van der Waals surface area (Å²) < 4.78 is 13.6. The first-order valence-electron chi connectivity index (χ1n) is 19.7. The van der Waals surface area contributed by atoms with E-state index in [0.29, 0.717) is 22.2 Å². The summed E-state index contributed by atoms with van der Waals surface area (Å²) in [6.07, 6.45) is 10.2. The maximum Gasteiger partial charge on any atom is 0.353 e. The molecule has 0 aliphatic heterocycles. The van der Waals surface area contributed by atoms with Gasteiger partial charge in [0.2, 0.25) is 0 Å². The SMILES string of the molecule is CCCCCCCCCCCCOC(=O)C(C)OC(=O)c1ccc(Cl)c([N]C(=O)C(C(=O)C(C)(C)C)n2c(=O)n(Cc3ccccc3)n(-c3ccccc3)c2=O)c1. The van der Waals surface area contributed by atoms with Crippen molar-refractivity contribution >= 4 is 40.9 Å². The summed E-state index contributed by atoms with van der Waals surface area (Å²) in [4.78, 5) is 82.3. The number of carbonyl (C=O) groups is 4. The highest BCUT2D eigenvalue weighted by Gasteiger charge is 2.41. The van der Waals surface area contributed by atoms with Gasteiger partial charge in [-0.2, -0.15) is 4.68 Å². The molecule has 0 N–H and O–H groups in total. The van der Waals surface area contributed by atoms with E-state index < -0.39 is 52.6 Å². The van der Waals surface area contributed by atoms with E-state index in [4.69, 9.17) is 21.1 Å². The maximum atomic E-state index is 14.2.